The number of nitrogens with one attached hydrogen (secondary N) is 2. The lowest BCUT2D eigenvalue weighted by Crippen LogP contribution is -2.23. The van der Waals surface area contributed by atoms with Gasteiger partial charge in [0.05, 0.1) is 22.5 Å². The quantitative estimate of drug-likeness (QED) is 0.307. The van der Waals surface area contributed by atoms with E-state index in [0.29, 0.717) is 0 Å². The van der Waals surface area contributed by atoms with E-state index in [0.717, 1.165) is 5.56 Å². The predicted molar refractivity (Wildman–Crippen MR) is 140 cm³/mol. The molecule has 0 saturated carbocycles. The molecule has 38 heavy (non-hydrogen) atoms. The van der Waals surface area contributed by atoms with Crippen LogP contribution in [0, 0.1) is 0 Å². The molecule has 10 heteroatoms. The Balaban J connectivity index is 1.72. The van der Waals surface area contributed by atoms with E-state index in [4.69, 9.17) is 9.47 Å². The van der Waals surface area contributed by atoms with Gasteiger partial charge in [0.15, 0.2) is 24.7 Å². The van der Waals surface area contributed by atoms with Gasteiger partial charge in [-0.3, -0.25) is 9.59 Å². The number of carboxylic acids is 2. The first-order valence-electron chi connectivity index (χ1n) is 11.6. The number of hydrogen-bond acceptors (Lipinski definition) is 6. The molecule has 3 rings (SSSR count). The van der Waals surface area contributed by atoms with E-state index < -0.39 is 37.0 Å². The van der Waals surface area contributed by atoms with Crippen molar-refractivity contribution >= 4 is 35.1 Å². The van der Waals surface area contributed by atoms with Crippen molar-refractivity contribution in [3.05, 3.63) is 83.4 Å². The van der Waals surface area contributed by atoms with Crippen LogP contribution in [0.1, 0.15) is 47.1 Å². The molecule has 0 radical (unpaired) electrons. The molecule has 0 aliphatic rings. The highest BCUT2D eigenvalue weighted by Gasteiger charge is 2.19. The minimum absolute atomic E-state index is 0.0601. The van der Waals surface area contributed by atoms with E-state index in [9.17, 15) is 29.4 Å². The second-order valence-corrected chi connectivity index (χ2v) is 9.29. The van der Waals surface area contributed by atoms with Crippen LogP contribution in [-0.2, 0) is 15.0 Å². The number of ether oxygens (including phenoxy) is 2. The molecular weight excluding hydrogens is 492 g/mol. The van der Waals surface area contributed by atoms with Gasteiger partial charge < -0.3 is 30.3 Å². The number of carbonyl (C=O) groups is 4. The summed E-state index contributed by atoms with van der Waals surface area (Å²) in [6.45, 7) is 5.09. The van der Waals surface area contributed by atoms with Crippen molar-refractivity contribution in [3.63, 3.8) is 0 Å². The number of anilines is 2. The smallest absolute Gasteiger partial charge is 0.337 e. The van der Waals surface area contributed by atoms with Gasteiger partial charge in [-0.2, -0.15) is 0 Å². The molecule has 3 aromatic rings. The van der Waals surface area contributed by atoms with Gasteiger partial charge in [0, 0.05) is 0 Å². The number of carbonyl (C=O) groups excluding carboxylic acids is 2. The van der Waals surface area contributed by atoms with Gasteiger partial charge in [-0.15, -0.1) is 0 Å². The topological polar surface area (TPSA) is 151 Å². The zero-order valence-electron chi connectivity index (χ0n) is 21.1. The Labute approximate surface area is 219 Å². The molecule has 0 spiro atoms. The van der Waals surface area contributed by atoms with Gasteiger partial charge in [-0.1, -0.05) is 51.1 Å². The van der Waals surface area contributed by atoms with E-state index in [2.05, 4.69) is 10.6 Å². The van der Waals surface area contributed by atoms with Crippen molar-refractivity contribution in [2.45, 2.75) is 26.2 Å². The van der Waals surface area contributed by atoms with Crippen LogP contribution in [0.25, 0.3) is 0 Å². The maximum Gasteiger partial charge on any atom is 0.337 e. The maximum absolute atomic E-state index is 12.5. The maximum atomic E-state index is 12.5. The van der Waals surface area contributed by atoms with E-state index in [1.165, 1.54) is 24.3 Å². The zero-order valence-corrected chi connectivity index (χ0v) is 21.1. The van der Waals surface area contributed by atoms with Crippen LogP contribution in [0.15, 0.2) is 66.7 Å². The molecule has 0 aliphatic carbocycles. The van der Waals surface area contributed by atoms with Crippen LogP contribution < -0.4 is 20.1 Å². The van der Waals surface area contributed by atoms with Crippen LogP contribution in [-0.4, -0.2) is 47.2 Å². The first kappa shape index (κ1) is 27.7. The highest BCUT2D eigenvalue weighted by atomic mass is 16.5. The highest BCUT2D eigenvalue weighted by Crippen LogP contribution is 2.33. The van der Waals surface area contributed by atoms with Crippen LogP contribution in [0.5, 0.6) is 11.5 Å². The van der Waals surface area contributed by atoms with Crippen molar-refractivity contribution in [3.8, 4) is 11.5 Å². The van der Waals surface area contributed by atoms with Crippen molar-refractivity contribution in [1.29, 1.82) is 0 Å². The van der Waals surface area contributed by atoms with Crippen LogP contribution >= 0.6 is 0 Å². The average Bonchev–Trinajstić information content (AvgIpc) is 2.86. The number of amides is 2. The Morgan fingerprint density at radius 1 is 0.684 bits per heavy atom. The summed E-state index contributed by atoms with van der Waals surface area (Å²) in [4.78, 5) is 47.8. The zero-order chi connectivity index (χ0) is 27.9. The summed E-state index contributed by atoms with van der Waals surface area (Å²) in [6.07, 6.45) is 0. The Bertz CT molecular complexity index is 1360. The van der Waals surface area contributed by atoms with Gasteiger partial charge in [0.1, 0.15) is 0 Å². The SMILES string of the molecule is CC(C)(C)c1ccc(OCC(=O)Nc2ccccc2C(=O)O)c(OCC(=O)Nc2ccccc2C(=O)O)c1. The van der Waals surface area contributed by atoms with Crippen molar-refractivity contribution < 1.29 is 38.9 Å². The molecule has 0 atom stereocenters. The number of para-hydroxylation sites is 2. The fourth-order valence-corrected chi connectivity index (χ4v) is 3.42. The Hall–Kier alpha value is -4.86. The fourth-order valence-electron chi connectivity index (χ4n) is 3.42. The third-order valence-corrected chi connectivity index (χ3v) is 5.39. The molecular formula is C28H28N2O8. The number of benzene rings is 3. The molecule has 10 nitrogen and oxygen atoms in total. The third kappa shape index (κ3) is 7.33. The monoisotopic (exact) mass is 520 g/mol. The van der Waals surface area contributed by atoms with Gasteiger partial charge in [-0.25, -0.2) is 9.59 Å². The third-order valence-electron chi connectivity index (χ3n) is 5.39. The Kier molecular flexibility index (Phi) is 8.69. The van der Waals surface area contributed by atoms with E-state index in [-0.39, 0.29) is 39.4 Å². The number of hydrogen-bond donors (Lipinski definition) is 4. The second kappa shape index (κ2) is 11.9. The van der Waals surface area contributed by atoms with E-state index >= 15 is 0 Å². The van der Waals surface area contributed by atoms with E-state index in [1.54, 1.807) is 36.4 Å². The average molecular weight is 521 g/mol. The van der Waals surface area contributed by atoms with Crippen LogP contribution in [0.2, 0.25) is 0 Å². The standard InChI is InChI=1S/C28H28N2O8/c1-28(2,3)17-12-13-22(37-15-24(31)29-20-10-6-4-8-18(20)26(33)34)23(14-17)38-16-25(32)30-21-11-7-5-9-19(21)27(35)36/h4-14H,15-16H2,1-3H3,(H,29,31)(H,30,32)(H,33,34)(H,35,36). The van der Waals surface area contributed by atoms with E-state index in [1.807, 2.05) is 26.8 Å². The van der Waals surface area contributed by atoms with Crippen molar-refractivity contribution in [1.82, 2.24) is 0 Å². The summed E-state index contributed by atoms with van der Waals surface area (Å²) in [5.74, 6) is -3.14. The minimum atomic E-state index is -1.18. The molecule has 0 bridgehead atoms. The predicted octanol–water partition coefficient (Wildman–Crippen LogP) is 4.42. The molecule has 4 N–H and O–H groups in total. The van der Waals surface area contributed by atoms with Crippen molar-refractivity contribution in [2.24, 2.45) is 0 Å². The minimum Gasteiger partial charge on any atom is -0.480 e. The lowest BCUT2D eigenvalue weighted by Gasteiger charge is -2.21. The molecule has 2 amide bonds. The summed E-state index contributed by atoms with van der Waals surface area (Å²) < 4.78 is 11.4. The number of rotatable bonds is 10. The van der Waals surface area contributed by atoms with Gasteiger partial charge in [-0.05, 0) is 47.4 Å². The summed E-state index contributed by atoms with van der Waals surface area (Å²) in [7, 11) is 0. The summed E-state index contributed by atoms with van der Waals surface area (Å²) in [6, 6.07) is 17.1. The molecule has 3 aromatic carbocycles. The number of carboxylic acid groups (broad SMARTS) is 2. The lowest BCUT2D eigenvalue weighted by atomic mass is 9.87. The fraction of sp³-hybridized carbons (Fsp3) is 0.214. The normalized spacial score (nSPS) is 10.8. The first-order chi connectivity index (χ1) is 18.0. The molecule has 0 fully saturated rings. The molecule has 0 aliphatic heterocycles. The van der Waals surface area contributed by atoms with Gasteiger partial charge in [0.25, 0.3) is 11.8 Å². The second-order valence-electron chi connectivity index (χ2n) is 9.29. The van der Waals surface area contributed by atoms with Crippen molar-refractivity contribution in [2.75, 3.05) is 23.8 Å². The summed E-state index contributed by atoms with van der Waals surface area (Å²) in [5, 5.41) is 23.6. The molecule has 0 aromatic heterocycles. The summed E-state index contributed by atoms with van der Waals surface area (Å²) in [5.41, 5.74) is 0.775. The first-order valence-corrected chi connectivity index (χ1v) is 11.6. The molecule has 0 heterocycles. The molecule has 198 valence electrons. The Morgan fingerprint density at radius 2 is 1.13 bits per heavy atom. The lowest BCUT2D eigenvalue weighted by molar-refractivity contribution is -0.119. The van der Waals surface area contributed by atoms with Crippen LogP contribution in [0.3, 0.4) is 0 Å². The van der Waals surface area contributed by atoms with Gasteiger partial charge in [0.2, 0.25) is 0 Å². The largest absolute Gasteiger partial charge is 0.480 e. The van der Waals surface area contributed by atoms with Gasteiger partial charge >= 0.3 is 11.9 Å². The Morgan fingerprint density at radius 3 is 1.58 bits per heavy atom. The highest BCUT2D eigenvalue weighted by molar-refractivity contribution is 6.01. The molecule has 0 saturated heterocycles. The molecule has 0 unspecified atom stereocenters. The number of aromatic carboxylic acids is 2. The van der Waals surface area contributed by atoms with Crippen LogP contribution in [0.4, 0.5) is 11.4 Å². The summed E-state index contributed by atoms with van der Waals surface area (Å²) >= 11 is 0.